The Hall–Kier alpha value is -2.60. The van der Waals surface area contributed by atoms with E-state index in [0.717, 1.165) is 31.7 Å². The van der Waals surface area contributed by atoms with Gasteiger partial charge in [-0.3, -0.25) is 0 Å². The average Bonchev–Trinajstić information content (AvgIpc) is 2.88. The molecule has 1 aliphatic rings. The number of allylic oxidation sites excluding steroid dienone is 3. The van der Waals surface area contributed by atoms with Crippen LogP contribution in [0.15, 0.2) is 51.4 Å². The zero-order chi connectivity index (χ0) is 28.3. The van der Waals surface area contributed by atoms with E-state index in [1.54, 1.807) is 24.3 Å². The summed E-state index contributed by atoms with van der Waals surface area (Å²) >= 11 is 0. The Morgan fingerprint density at radius 1 is 0.949 bits per heavy atom. The number of hydrogen-bond acceptors (Lipinski definition) is 7. The van der Waals surface area contributed by atoms with Crippen LogP contribution in [0.3, 0.4) is 0 Å². The van der Waals surface area contributed by atoms with Crippen LogP contribution in [0.5, 0.6) is 5.75 Å². The molecule has 1 aliphatic carbocycles. The van der Waals surface area contributed by atoms with Crippen LogP contribution in [0.4, 0.5) is 13.2 Å². The summed E-state index contributed by atoms with van der Waals surface area (Å²) in [5.41, 5.74) is -0.186. The molecular formula is C28H37F3O7Si. The summed E-state index contributed by atoms with van der Waals surface area (Å²) in [6.07, 6.45) is 2.45. The van der Waals surface area contributed by atoms with Crippen molar-refractivity contribution in [2.75, 3.05) is 26.4 Å². The molecule has 0 N–H and O–H groups in total. The maximum Gasteiger partial charge on any atom is 0.573 e. The highest BCUT2D eigenvalue weighted by molar-refractivity contribution is 6.60. The van der Waals surface area contributed by atoms with Crippen molar-refractivity contribution in [2.45, 2.75) is 71.7 Å². The smallest absolute Gasteiger partial charge is 0.493 e. The minimum absolute atomic E-state index is 0.0601. The molecule has 1 aromatic heterocycles. The van der Waals surface area contributed by atoms with Crippen LogP contribution in [0.1, 0.15) is 64.9 Å². The molecule has 0 atom stereocenters. The van der Waals surface area contributed by atoms with E-state index in [1.807, 2.05) is 20.8 Å². The molecule has 2 aromatic rings. The molecule has 39 heavy (non-hydrogen) atoms. The zero-order valence-electron chi connectivity index (χ0n) is 22.7. The summed E-state index contributed by atoms with van der Waals surface area (Å²) in [5, 5.41) is 0.580. The summed E-state index contributed by atoms with van der Waals surface area (Å²) in [5.74, 6) is 0.164. The lowest BCUT2D eigenvalue weighted by molar-refractivity contribution is -0.303. The van der Waals surface area contributed by atoms with Gasteiger partial charge in [0.05, 0.1) is 12.2 Å². The molecule has 0 saturated heterocycles. The van der Waals surface area contributed by atoms with E-state index < -0.39 is 20.8 Å². The summed E-state index contributed by atoms with van der Waals surface area (Å²) in [6.45, 7) is 8.04. The van der Waals surface area contributed by atoms with Crippen molar-refractivity contribution in [3.05, 3.63) is 58.2 Å². The highest BCUT2D eigenvalue weighted by Crippen LogP contribution is 2.33. The van der Waals surface area contributed by atoms with Gasteiger partial charge in [-0.1, -0.05) is 18.9 Å². The van der Waals surface area contributed by atoms with Crippen molar-refractivity contribution in [1.29, 1.82) is 0 Å². The average molecular weight is 571 g/mol. The van der Waals surface area contributed by atoms with Crippen molar-refractivity contribution < 1.29 is 40.3 Å². The normalized spacial score (nSPS) is 14.3. The van der Waals surface area contributed by atoms with E-state index >= 15 is 0 Å². The zero-order valence-corrected chi connectivity index (χ0v) is 23.7. The van der Waals surface area contributed by atoms with Gasteiger partial charge in [0.15, 0.2) is 0 Å². The third-order valence-electron chi connectivity index (χ3n) is 6.12. The quantitative estimate of drug-likeness (QED) is 0.118. The second kappa shape index (κ2) is 14.7. The van der Waals surface area contributed by atoms with E-state index in [2.05, 4.69) is 4.74 Å². The molecule has 216 valence electrons. The van der Waals surface area contributed by atoms with Crippen LogP contribution < -0.4 is 10.4 Å². The van der Waals surface area contributed by atoms with Crippen LogP contribution in [0.2, 0.25) is 6.04 Å². The van der Waals surface area contributed by atoms with Gasteiger partial charge in [-0.05, 0) is 70.7 Å². The van der Waals surface area contributed by atoms with Crippen molar-refractivity contribution in [2.24, 2.45) is 0 Å². The second-order valence-electron chi connectivity index (χ2n) is 8.97. The fourth-order valence-corrected chi connectivity index (χ4v) is 7.20. The van der Waals surface area contributed by atoms with E-state index in [9.17, 15) is 18.0 Å². The molecule has 11 heteroatoms. The molecule has 0 spiro atoms. The molecule has 0 amide bonds. The van der Waals surface area contributed by atoms with Crippen LogP contribution in [-0.2, 0) is 18.0 Å². The maximum atomic E-state index is 12.8. The molecular weight excluding hydrogens is 533 g/mol. The summed E-state index contributed by atoms with van der Waals surface area (Å²) in [6, 6.07) is 7.41. The van der Waals surface area contributed by atoms with E-state index in [4.69, 9.17) is 22.4 Å². The lowest BCUT2D eigenvalue weighted by Crippen LogP contribution is -2.45. The largest absolute Gasteiger partial charge is 0.573 e. The highest BCUT2D eigenvalue weighted by Gasteiger charge is 2.39. The first-order valence-corrected chi connectivity index (χ1v) is 15.4. The summed E-state index contributed by atoms with van der Waals surface area (Å²) < 4.78 is 71.6. The number of halogens is 3. The van der Waals surface area contributed by atoms with E-state index in [1.165, 1.54) is 12.1 Å². The number of ether oxygens (including phenoxy) is 2. The third-order valence-corrected chi connectivity index (χ3v) is 9.28. The molecule has 0 unspecified atom stereocenters. The van der Waals surface area contributed by atoms with Crippen LogP contribution in [0.25, 0.3) is 16.5 Å². The van der Waals surface area contributed by atoms with Crippen molar-refractivity contribution in [3.63, 3.8) is 0 Å². The summed E-state index contributed by atoms with van der Waals surface area (Å²) in [7, 11) is -2.61. The molecule has 3 rings (SSSR count). The Bertz CT molecular complexity index is 1170. The van der Waals surface area contributed by atoms with Gasteiger partial charge in [0.2, 0.25) is 0 Å². The van der Waals surface area contributed by atoms with Gasteiger partial charge in [-0.2, -0.15) is 0 Å². The van der Waals surface area contributed by atoms with E-state index in [0.29, 0.717) is 49.6 Å². The van der Waals surface area contributed by atoms with Crippen LogP contribution in [-0.4, -0.2) is 41.6 Å². The topological polar surface area (TPSA) is 76.4 Å². The van der Waals surface area contributed by atoms with Gasteiger partial charge in [-0.15, -0.1) is 13.2 Å². The number of benzene rings is 1. The molecule has 0 aliphatic heterocycles. The third kappa shape index (κ3) is 9.23. The molecule has 7 nitrogen and oxygen atoms in total. The number of alkyl halides is 3. The van der Waals surface area contributed by atoms with Gasteiger partial charge in [0.25, 0.3) is 0 Å². The Balaban J connectivity index is 1.56. The second-order valence-corrected chi connectivity index (χ2v) is 11.7. The fraction of sp³-hybridized carbons (Fsp3) is 0.536. The molecule has 0 saturated carbocycles. The lowest BCUT2D eigenvalue weighted by atomic mass is 9.96. The molecule has 1 aromatic carbocycles. The highest BCUT2D eigenvalue weighted by atomic mass is 28.4. The van der Waals surface area contributed by atoms with Crippen molar-refractivity contribution in [1.82, 2.24) is 0 Å². The van der Waals surface area contributed by atoms with Gasteiger partial charge in [-0.25, -0.2) is 4.79 Å². The van der Waals surface area contributed by atoms with E-state index in [-0.39, 0.29) is 23.3 Å². The Labute approximate surface area is 227 Å². The molecule has 0 bridgehead atoms. The van der Waals surface area contributed by atoms with Gasteiger partial charge in [0.1, 0.15) is 17.1 Å². The SMILES string of the molecule is CCO[Si](CCCCCCOc1ccc2cc(C3=C(OC(F)(F)F)C=CCC3)c(=O)oc2c1)(OCC)OCC. The molecule has 1 heterocycles. The molecule has 0 radical (unpaired) electrons. The summed E-state index contributed by atoms with van der Waals surface area (Å²) in [4.78, 5) is 12.7. The number of hydrogen-bond donors (Lipinski definition) is 0. The van der Waals surface area contributed by atoms with Crippen molar-refractivity contribution in [3.8, 4) is 5.75 Å². The van der Waals surface area contributed by atoms with Crippen LogP contribution >= 0.6 is 0 Å². The van der Waals surface area contributed by atoms with Crippen molar-refractivity contribution >= 4 is 25.3 Å². The Kier molecular flexibility index (Phi) is 11.6. The first-order chi connectivity index (χ1) is 18.7. The minimum Gasteiger partial charge on any atom is -0.493 e. The molecule has 0 fully saturated rings. The first kappa shape index (κ1) is 30.9. The van der Waals surface area contributed by atoms with Gasteiger partial charge < -0.3 is 27.2 Å². The van der Waals surface area contributed by atoms with Gasteiger partial charge >= 0.3 is 20.8 Å². The Morgan fingerprint density at radius 2 is 1.64 bits per heavy atom. The first-order valence-electron chi connectivity index (χ1n) is 13.5. The maximum absolute atomic E-state index is 12.8. The Morgan fingerprint density at radius 3 is 2.31 bits per heavy atom. The van der Waals surface area contributed by atoms with Gasteiger partial charge in [0, 0.05) is 42.9 Å². The number of rotatable bonds is 16. The monoisotopic (exact) mass is 570 g/mol. The number of fused-ring (bicyclic) bond motifs is 1. The minimum atomic E-state index is -4.85. The lowest BCUT2D eigenvalue weighted by Gasteiger charge is -2.28. The standard InChI is InChI=1S/C28H37F3O7Si/c1-4-34-39(35-5-2,36-6-3)18-12-8-7-11-17-33-22-16-15-21-19-24(27(32)37-26(21)20-22)23-13-9-10-14-25(23)38-28(29,30)31/h10,14-16,19-20H,4-9,11-13,17-18H2,1-3H3. The fourth-order valence-electron chi connectivity index (χ4n) is 4.51. The number of unbranched alkanes of at least 4 members (excludes halogenated alkanes) is 3. The predicted octanol–water partition coefficient (Wildman–Crippen LogP) is 7.38. The van der Waals surface area contributed by atoms with Crippen LogP contribution in [0, 0.1) is 0 Å². The predicted molar refractivity (Wildman–Crippen MR) is 144 cm³/mol.